The normalized spacial score (nSPS) is 17.2. The highest BCUT2D eigenvalue weighted by Crippen LogP contribution is 2.22. The second-order valence-electron chi connectivity index (χ2n) is 5.48. The Bertz CT molecular complexity index is 793. The molecule has 0 aliphatic carbocycles. The number of halogens is 3. The zero-order valence-electron chi connectivity index (χ0n) is 12.4. The molecule has 3 rings (SSSR count). The minimum absolute atomic E-state index is 0.0263. The highest BCUT2D eigenvalue weighted by Gasteiger charge is 2.31. The topological polar surface area (TPSA) is 49.4 Å². The fraction of sp³-hybridized carbons (Fsp3) is 0.176. The number of carbonyl (C=O) groups excluding carboxylic acids is 2. The smallest absolute Gasteiger partial charge is 0.251 e. The SMILES string of the molecule is O=C(N[C@@H]1CC(=O)N(c2ccc(F)cc2)C1)c1ccc(F)c(F)c1. The number of anilines is 1. The van der Waals surface area contributed by atoms with Gasteiger partial charge in [-0.3, -0.25) is 9.59 Å². The molecule has 0 aromatic heterocycles. The van der Waals surface area contributed by atoms with Crippen molar-refractivity contribution < 1.29 is 22.8 Å². The zero-order chi connectivity index (χ0) is 17.3. The van der Waals surface area contributed by atoms with Crippen LogP contribution in [0.3, 0.4) is 0 Å². The lowest BCUT2D eigenvalue weighted by atomic mass is 10.1. The molecule has 2 amide bonds. The maximum Gasteiger partial charge on any atom is 0.251 e. The fourth-order valence-electron chi connectivity index (χ4n) is 2.58. The first kappa shape index (κ1) is 16.0. The summed E-state index contributed by atoms with van der Waals surface area (Å²) in [5, 5.41) is 2.62. The van der Waals surface area contributed by atoms with Gasteiger partial charge in [0.25, 0.3) is 5.91 Å². The van der Waals surface area contributed by atoms with E-state index < -0.39 is 29.4 Å². The van der Waals surface area contributed by atoms with Crippen molar-refractivity contribution >= 4 is 17.5 Å². The van der Waals surface area contributed by atoms with Crippen LogP contribution in [0.25, 0.3) is 0 Å². The third kappa shape index (κ3) is 3.24. The number of hydrogen-bond donors (Lipinski definition) is 1. The molecule has 1 N–H and O–H groups in total. The highest BCUT2D eigenvalue weighted by atomic mass is 19.2. The lowest BCUT2D eigenvalue weighted by Crippen LogP contribution is -2.37. The Morgan fingerprint density at radius 1 is 1.04 bits per heavy atom. The summed E-state index contributed by atoms with van der Waals surface area (Å²) in [6.07, 6.45) is 0.0762. The van der Waals surface area contributed by atoms with E-state index in [1.165, 1.54) is 35.2 Å². The molecular formula is C17H13F3N2O2. The van der Waals surface area contributed by atoms with Crippen molar-refractivity contribution in [3.63, 3.8) is 0 Å². The third-order valence-corrected chi connectivity index (χ3v) is 3.78. The largest absolute Gasteiger partial charge is 0.347 e. The molecule has 1 atom stereocenters. The molecular weight excluding hydrogens is 321 g/mol. The Labute approximate surface area is 135 Å². The van der Waals surface area contributed by atoms with E-state index in [-0.39, 0.29) is 24.4 Å². The molecule has 1 aliphatic rings. The van der Waals surface area contributed by atoms with Crippen molar-refractivity contribution in [3.8, 4) is 0 Å². The first-order chi connectivity index (χ1) is 11.4. The number of benzene rings is 2. The summed E-state index contributed by atoms with van der Waals surface area (Å²) in [7, 11) is 0. The van der Waals surface area contributed by atoms with Gasteiger partial charge in [0.1, 0.15) is 5.82 Å². The van der Waals surface area contributed by atoms with Crippen molar-refractivity contribution in [3.05, 3.63) is 65.5 Å². The van der Waals surface area contributed by atoms with Crippen LogP contribution in [0.5, 0.6) is 0 Å². The van der Waals surface area contributed by atoms with Crippen molar-refractivity contribution in [2.45, 2.75) is 12.5 Å². The van der Waals surface area contributed by atoms with Gasteiger partial charge in [-0.1, -0.05) is 0 Å². The molecule has 24 heavy (non-hydrogen) atoms. The summed E-state index contributed by atoms with van der Waals surface area (Å²) in [6.45, 7) is 0.222. The van der Waals surface area contributed by atoms with Gasteiger partial charge in [0, 0.05) is 24.2 Å². The van der Waals surface area contributed by atoms with Crippen LogP contribution in [0.2, 0.25) is 0 Å². The monoisotopic (exact) mass is 334 g/mol. The number of hydrogen-bond acceptors (Lipinski definition) is 2. The van der Waals surface area contributed by atoms with Crippen molar-refractivity contribution in [2.75, 3.05) is 11.4 Å². The van der Waals surface area contributed by atoms with E-state index in [9.17, 15) is 22.8 Å². The highest BCUT2D eigenvalue weighted by molar-refractivity contribution is 5.98. The molecule has 0 radical (unpaired) electrons. The van der Waals surface area contributed by atoms with Crippen molar-refractivity contribution in [1.82, 2.24) is 5.32 Å². The molecule has 4 nitrogen and oxygen atoms in total. The summed E-state index contributed by atoms with van der Waals surface area (Å²) in [6, 6.07) is 7.82. The van der Waals surface area contributed by atoms with Gasteiger partial charge in [0.05, 0.1) is 6.04 Å². The average Bonchev–Trinajstić information content (AvgIpc) is 2.91. The van der Waals surface area contributed by atoms with Gasteiger partial charge in [-0.2, -0.15) is 0 Å². The predicted octanol–water partition coefficient (Wildman–Crippen LogP) is 2.64. The van der Waals surface area contributed by atoms with E-state index in [1.807, 2.05) is 0 Å². The van der Waals surface area contributed by atoms with Crippen LogP contribution in [0.15, 0.2) is 42.5 Å². The van der Waals surface area contributed by atoms with Gasteiger partial charge in [0.15, 0.2) is 11.6 Å². The van der Waals surface area contributed by atoms with Gasteiger partial charge in [0.2, 0.25) is 5.91 Å². The summed E-state index contributed by atoms with van der Waals surface area (Å²) < 4.78 is 39.0. The van der Waals surface area contributed by atoms with Gasteiger partial charge in [-0.25, -0.2) is 13.2 Å². The first-order valence-electron chi connectivity index (χ1n) is 7.26. The second-order valence-corrected chi connectivity index (χ2v) is 5.48. The van der Waals surface area contributed by atoms with E-state index in [0.717, 1.165) is 12.1 Å². The first-order valence-corrected chi connectivity index (χ1v) is 7.26. The van der Waals surface area contributed by atoms with Gasteiger partial charge in [-0.15, -0.1) is 0 Å². The van der Waals surface area contributed by atoms with Crippen LogP contribution in [0.4, 0.5) is 18.9 Å². The molecule has 124 valence electrons. The average molecular weight is 334 g/mol. The Balaban J connectivity index is 1.68. The molecule has 7 heteroatoms. The van der Waals surface area contributed by atoms with Crippen LogP contribution in [-0.2, 0) is 4.79 Å². The summed E-state index contributed by atoms with van der Waals surface area (Å²) in [5.74, 6) is -3.36. The van der Waals surface area contributed by atoms with E-state index in [2.05, 4.69) is 5.32 Å². The van der Waals surface area contributed by atoms with Gasteiger partial charge in [-0.05, 0) is 42.5 Å². The van der Waals surface area contributed by atoms with E-state index in [1.54, 1.807) is 0 Å². The lowest BCUT2D eigenvalue weighted by molar-refractivity contribution is -0.117. The summed E-state index contributed by atoms with van der Waals surface area (Å²) >= 11 is 0. The summed E-state index contributed by atoms with van der Waals surface area (Å²) in [4.78, 5) is 25.6. The van der Waals surface area contributed by atoms with Crippen molar-refractivity contribution in [2.24, 2.45) is 0 Å². The summed E-state index contributed by atoms with van der Waals surface area (Å²) in [5.41, 5.74) is 0.507. The standard InChI is InChI=1S/C17H13F3N2O2/c18-11-2-4-13(5-3-11)22-9-12(8-16(22)23)21-17(24)10-1-6-14(19)15(20)7-10/h1-7,12H,8-9H2,(H,21,24)/t12-/m1/s1. The van der Waals surface area contributed by atoms with Crippen LogP contribution in [0, 0.1) is 17.5 Å². The maximum atomic E-state index is 13.2. The zero-order valence-corrected chi connectivity index (χ0v) is 12.4. The second kappa shape index (κ2) is 6.35. The van der Waals surface area contributed by atoms with E-state index >= 15 is 0 Å². The molecule has 0 bridgehead atoms. The van der Waals surface area contributed by atoms with Crippen LogP contribution in [-0.4, -0.2) is 24.4 Å². The number of nitrogens with zero attached hydrogens (tertiary/aromatic N) is 1. The van der Waals surface area contributed by atoms with E-state index in [0.29, 0.717) is 5.69 Å². The molecule has 0 unspecified atom stereocenters. The Morgan fingerprint density at radius 3 is 2.42 bits per heavy atom. The van der Waals surface area contributed by atoms with Crippen LogP contribution >= 0.6 is 0 Å². The minimum atomic E-state index is -1.11. The Kier molecular flexibility index (Phi) is 4.24. The number of amides is 2. The Hall–Kier alpha value is -2.83. The third-order valence-electron chi connectivity index (χ3n) is 3.78. The predicted molar refractivity (Wildman–Crippen MR) is 81.0 cm³/mol. The molecule has 0 spiro atoms. The minimum Gasteiger partial charge on any atom is -0.347 e. The van der Waals surface area contributed by atoms with Crippen molar-refractivity contribution in [1.29, 1.82) is 0 Å². The fourth-order valence-corrected chi connectivity index (χ4v) is 2.58. The van der Waals surface area contributed by atoms with E-state index in [4.69, 9.17) is 0 Å². The molecule has 2 aromatic rings. The number of rotatable bonds is 3. The quantitative estimate of drug-likeness (QED) is 0.938. The lowest BCUT2D eigenvalue weighted by Gasteiger charge is -2.17. The number of carbonyl (C=O) groups is 2. The molecule has 1 saturated heterocycles. The molecule has 1 aliphatic heterocycles. The van der Waals surface area contributed by atoms with Crippen LogP contribution in [0.1, 0.15) is 16.8 Å². The van der Waals surface area contributed by atoms with Gasteiger partial charge < -0.3 is 10.2 Å². The molecule has 2 aromatic carbocycles. The van der Waals surface area contributed by atoms with Crippen LogP contribution < -0.4 is 10.2 Å². The maximum absolute atomic E-state index is 13.2. The molecule has 0 saturated carbocycles. The molecule has 1 fully saturated rings. The Morgan fingerprint density at radius 2 is 1.75 bits per heavy atom. The molecule has 1 heterocycles. The van der Waals surface area contributed by atoms with Gasteiger partial charge >= 0.3 is 0 Å². The number of nitrogens with one attached hydrogen (secondary N) is 1.